The van der Waals surface area contributed by atoms with Crippen LogP contribution in [0.15, 0.2) is 48.8 Å². The summed E-state index contributed by atoms with van der Waals surface area (Å²) in [6.45, 7) is 2.71. The van der Waals surface area contributed by atoms with Crippen LogP contribution in [0, 0.1) is 0 Å². The summed E-state index contributed by atoms with van der Waals surface area (Å²) in [5.41, 5.74) is 11.9. The first-order valence-electron chi connectivity index (χ1n) is 12.9. The van der Waals surface area contributed by atoms with Crippen molar-refractivity contribution in [2.45, 2.75) is 12.8 Å². The van der Waals surface area contributed by atoms with Gasteiger partial charge >= 0.3 is 0 Å². The molecule has 6 rings (SSSR count). The lowest BCUT2D eigenvalue weighted by Gasteiger charge is -2.27. The summed E-state index contributed by atoms with van der Waals surface area (Å²) in [4.78, 5) is 31.7. The molecule has 2 aliphatic rings. The minimum atomic E-state index is -0.569. The number of rotatable bonds is 5. The minimum Gasteiger partial charge on any atom is -0.496 e. The molecule has 3 N–H and O–H groups in total. The van der Waals surface area contributed by atoms with Crippen molar-refractivity contribution in [1.82, 2.24) is 25.0 Å². The summed E-state index contributed by atoms with van der Waals surface area (Å²) in [5.74, 6) is -0.0275. The fourth-order valence-electron chi connectivity index (χ4n) is 5.43. The molecule has 1 aliphatic carbocycles. The van der Waals surface area contributed by atoms with E-state index < -0.39 is 5.91 Å². The number of benzene rings is 2. The van der Waals surface area contributed by atoms with Crippen LogP contribution in [0.1, 0.15) is 32.0 Å². The van der Waals surface area contributed by atoms with E-state index >= 15 is 0 Å². The van der Waals surface area contributed by atoms with E-state index in [0.29, 0.717) is 64.2 Å². The van der Waals surface area contributed by atoms with E-state index in [4.69, 9.17) is 38.8 Å². The Labute approximate surface area is 240 Å². The molecular formula is C29H26Cl2N6O3. The number of hydrogen-bond donors (Lipinski definition) is 2. The van der Waals surface area contributed by atoms with Gasteiger partial charge in [-0.05, 0) is 54.8 Å². The first kappa shape index (κ1) is 26.3. The van der Waals surface area contributed by atoms with Gasteiger partial charge in [0, 0.05) is 70.9 Å². The maximum Gasteiger partial charge on any atom is 0.274 e. The van der Waals surface area contributed by atoms with Gasteiger partial charge in [0.1, 0.15) is 5.75 Å². The molecule has 3 heterocycles. The largest absolute Gasteiger partial charge is 0.496 e. The SMILES string of the molecule is COc1cc2c(cc1-c1cncc(C(N)=O)c1)-c1c(c(C(=O)N3CCNCC3)nn1-c1cc(Cl)cc(Cl)c1)CC2. The number of nitrogens with zero attached hydrogens (tertiary/aromatic N) is 4. The predicted octanol–water partition coefficient (Wildman–Crippen LogP) is 4.16. The summed E-state index contributed by atoms with van der Waals surface area (Å²) < 4.78 is 7.51. The highest BCUT2D eigenvalue weighted by atomic mass is 35.5. The summed E-state index contributed by atoms with van der Waals surface area (Å²) in [6, 6.07) is 10.9. The van der Waals surface area contributed by atoms with Crippen molar-refractivity contribution in [2.75, 3.05) is 33.3 Å². The first-order valence-corrected chi connectivity index (χ1v) is 13.6. The third-order valence-corrected chi connectivity index (χ3v) is 7.78. The van der Waals surface area contributed by atoms with Crippen molar-refractivity contribution >= 4 is 35.0 Å². The summed E-state index contributed by atoms with van der Waals surface area (Å²) in [5, 5.41) is 9.09. The molecule has 11 heteroatoms. The van der Waals surface area contributed by atoms with E-state index in [1.807, 2.05) is 17.0 Å². The van der Waals surface area contributed by atoms with E-state index in [2.05, 4.69) is 10.3 Å². The number of pyridine rings is 1. The van der Waals surface area contributed by atoms with Crippen molar-refractivity contribution in [3.8, 4) is 33.8 Å². The zero-order chi connectivity index (χ0) is 28.0. The zero-order valence-corrected chi connectivity index (χ0v) is 23.2. The van der Waals surface area contributed by atoms with E-state index in [-0.39, 0.29) is 5.91 Å². The molecule has 40 heavy (non-hydrogen) atoms. The average molecular weight is 577 g/mol. The van der Waals surface area contributed by atoms with E-state index in [1.54, 1.807) is 42.3 Å². The van der Waals surface area contributed by atoms with E-state index in [1.165, 1.54) is 6.20 Å². The van der Waals surface area contributed by atoms with Crippen molar-refractivity contribution in [1.29, 1.82) is 0 Å². The second-order valence-corrected chi connectivity index (χ2v) is 10.7. The highest BCUT2D eigenvalue weighted by molar-refractivity contribution is 6.34. The van der Waals surface area contributed by atoms with Gasteiger partial charge in [0.25, 0.3) is 5.91 Å². The standard InChI is InChI=1S/C29H26Cl2N6O3/c1-40-25-9-16-2-3-22-26(29(39)36-6-4-33-5-7-36)35-37(21-11-19(30)10-20(31)12-21)27(22)24(16)13-23(25)17-8-18(28(32)38)15-34-14-17/h8-15,33H,2-7H2,1H3,(H2,32,38). The van der Waals surface area contributed by atoms with Crippen molar-refractivity contribution < 1.29 is 14.3 Å². The number of carbonyl (C=O) groups excluding carboxylic acids is 2. The van der Waals surface area contributed by atoms with Crippen LogP contribution in [0.5, 0.6) is 5.75 Å². The predicted molar refractivity (Wildman–Crippen MR) is 154 cm³/mol. The second kappa shape index (κ2) is 10.6. The van der Waals surface area contributed by atoms with Crippen molar-refractivity contribution in [2.24, 2.45) is 5.73 Å². The summed E-state index contributed by atoms with van der Waals surface area (Å²) in [7, 11) is 1.60. The molecule has 0 saturated carbocycles. The van der Waals surface area contributed by atoms with Crippen LogP contribution >= 0.6 is 23.2 Å². The average Bonchev–Trinajstić information content (AvgIpc) is 3.36. The number of fused-ring (bicyclic) bond motifs is 3. The molecule has 2 amide bonds. The van der Waals surface area contributed by atoms with E-state index in [0.717, 1.165) is 41.0 Å². The van der Waals surface area contributed by atoms with Crippen LogP contribution in [0.2, 0.25) is 10.0 Å². The van der Waals surface area contributed by atoms with Gasteiger partial charge in [0.15, 0.2) is 5.69 Å². The molecule has 1 fully saturated rings. The fourth-order valence-corrected chi connectivity index (χ4v) is 5.94. The van der Waals surface area contributed by atoms with Gasteiger partial charge in [-0.15, -0.1) is 0 Å². The number of nitrogens with one attached hydrogen (secondary N) is 1. The van der Waals surface area contributed by atoms with E-state index in [9.17, 15) is 9.59 Å². The van der Waals surface area contributed by atoms with Gasteiger partial charge in [-0.3, -0.25) is 14.6 Å². The Morgan fingerprint density at radius 1 is 0.975 bits per heavy atom. The first-order chi connectivity index (χ1) is 19.3. The number of aryl methyl sites for hydroxylation is 1. The lowest BCUT2D eigenvalue weighted by Crippen LogP contribution is -2.46. The topological polar surface area (TPSA) is 115 Å². The van der Waals surface area contributed by atoms with Gasteiger partial charge in [0.05, 0.1) is 24.1 Å². The Balaban J connectivity index is 1.58. The number of ether oxygens (including phenoxy) is 1. The number of methoxy groups -OCH3 is 1. The molecule has 9 nitrogen and oxygen atoms in total. The van der Waals surface area contributed by atoms with Gasteiger partial charge in [0.2, 0.25) is 5.91 Å². The number of hydrogen-bond acceptors (Lipinski definition) is 6. The Kier molecular flexibility index (Phi) is 6.95. The van der Waals surface area contributed by atoms with Crippen LogP contribution in [0.4, 0.5) is 0 Å². The Morgan fingerprint density at radius 2 is 1.73 bits per heavy atom. The molecule has 4 aromatic rings. The number of amides is 2. The molecular weight excluding hydrogens is 551 g/mol. The van der Waals surface area contributed by atoms with Crippen LogP contribution in [-0.2, 0) is 12.8 Å². The fraction of sp³-hybridized carbons (Fsp3) is 0.241. The van der Waals surface area contributed by atoms with Crippen LogP contribution in [0.3, 0.4) is 0 Å². The molecule has 1 aliphatic heterocycles. The number of nitrogens with two attached hydrogens (primary N) is 1. The van der Waals surface area contributed by atoms with Gasteiger partial charge < -0.3 is 20.7 Å². The molecule has 0 spiro atoms. The van der Waals surface area contributed by atoms with Crippen LogP contribution < -0.4 is 15.8 Å². The van der Waals surface area contributed by atoms with Crippen molar-refractivity contribution in [3.05, 3.63) is 81.2 Å². The summed E-state index contributed by atoms with van der Waals surface area (Å²) >= 11 is 12.8. The monoisotopic (exact) mass is 576 g/mol. The molecule has 1 saturated heterocycles. The number of primary amides is 1. The molecule has 204 valence electrons. The number of halogens is 2. The van der Waals surface area contributed by atoms with Crippen LogP contribution in [0.25, 0.3) is 28.1 Å². The maximum absolute atomic E-state index is 13.8. The highest BCUT2D eigenvalue weighted by Crippen LogP contribution is 2.43. The summed E-state index contributed by atoms with van der Waals surface area (Å²) in [6.07, 6.45) is 4.42. The third-order valence-electron chi connectivity index (χ3n) is 7.34. The Morgan fingerprint density at radius 3 is 2.42 bits per heavy atom. The van der Waals surface area contributed by atoms with Crippen molar-refractivity contribution in [3.63, 3.8) is 0 Å². The van der Waals surface area contributed by atoms with Gasteiger partial charge in [-0.2, -0.15) is 5.10 Å². The molecule has 0 radical (unpaired) electrons. The molecule has 0 unspecified atom stereocenters. The quantitative estimate of drug-likeness (QED) is 0.368. The van der Waals surface area contributed by atoms with Crippen LogP contribution in [-0.4, -0.2) is 64.8 Å². The molecule has 2 aromatic carbocycles. The minimum absolute atomic E-state index is 0.0971. The normalized spacial score (nSPS) is 14.4. The lowest BCUT2D eigenvalue weighted by atomic mass is 9.86. The van der Waals surface area contributed by atoms with Gasteiger partial charge in [-0.25, -0.2) is 4.68 Å². The number of carbonyl (C=O) groups is 2. The Hall–Kier alpha value is -3.92. The molecule has 0 bridgehead atoms. The zero-order valence-electron chi connectivity index (χ0n) is 21.7. The van der Waals surface area contributed by atoms with Gasteiger partial charge in [-0.1, -0.05) is 23.2 Å². The number of aromatic nitrogens is 3. The molecule has 2 aromatic heterocycles. The highest BCUT2D eigenvalue weighted by Gasteiger charge is 2.32. The Bertz CT molecular complexity index is 1640. The third kappa shape index (κ3) is 4.70. The lowest BCUT2D eigenvalue weighted by molar-refractivity contribution is 0.0728. The smallest absolute Gasteiger partial charge is 0.274 e. The molecule has 0 atom stereocenters. The maximum atomic E-state index is 13.8. The number of piperazine rings is 1. The second-order valence-electron chi connectivity index (χ2n) is 9.79.